The molecule has 3 aromatic heterocycles. The number of aryl methyl sites for hydroxylation is 1. The molecule has 0 atom stereocenters. The predicted octanol–water partition coefficient (Wildman–Crippen LogP) is 5.08. The molecule has 0 amide bonds. The van der Waals surface area contributed by atoms with Crippen LogP contribution in [0, 0.1) is 6.92 Å². The zero-order valence-electron chi connectivity index (χ0n) is 13.6. The van der Waals surface area contributed by atoms with Gasteiger partial charge in [-0.25, -0.2) is 22.5 Å². The van der Waals surface area contributed by atoms with Gasteiger partial charge in [-0.05, 0) is 30.7 Å². The van der Waals surface area contributed by atoms with E-state index in [1.54, 1.807) is 25.1 Å². The lowest BCUT2D eigenvalue weighted by atomic mass is 10.2. The Hall–Kier alpha value is -2.64. The van der Waals surface area contributed by atoms with Crippen LogP contribution in [0.25, 0.3) is 10.9 Å². The fourth-order valence-corrected chi connectivity index (χ4v) is 2.68. The maximum Gasteiger partial charge on any atom is 0.282 e. The van der Waals surface area contributed by atoms with E-state index in [1.807, 2.05) is 0 Å². The molecule has 0 saturated carbocycles. The molecule has 0 unspecified atom stereocenters. The van der Waals surface area contributed by atoms with Crippen LogP contribution >= 0.6 is 0 Å². The summed E-state index contributed by atoms with van der Waals surface area (Å²) in [6.45, 7) is 2.04. The molecule has 0 fully saturated rings. The van der Waals surface area contributed by atoms with Crippen molar-refractivity contribution in [1.82, 2.24) is 14.5 Å². The van der Waals surface area contributed by atoms with Crippen molar-refractivity contribution in [2.45, 2.75) is 32.7 Å². The highest BCUT2D eigenvalue weighted by Crippen LogP contribution is 2.32. The van der Waals surface area contributed by atoms with Gasteiger partial charge in [-0.1, -0.05) is 0 Å². The maximum atomic E-state index is 13.3. The SMILES string of the molecule is Cc1ccnc(C(F)F)c1Nc1nccc2c1ccn2CC(C)(F)F. The smallest absolute Gasteiger partial charge is 0.282 e. The van der Waals surface area contributed by atoms with Gasteiger partial charge in [0.15, 0.2) is 0 Å². The second kappa shape index (κ2) is 6.34. The highest BCUT2D eigenvalue weighted by molar-refractivity contribution is 5.92. The third-order valence-corrected chi connectivity index (χ3v) is 3.78. The van der Waals surface area contributed by atoms with E-state index in [0.717, 1.165) is 6.92 Å². The average Bonchev–Trinajstić information content (AvgIpc) is 2.91. The Kier molecular flexibility index (Phi) is 4.36. The summed E-state index contributed by atoms with van der Waals surface area (Å²) < 4.78 is 54.4. The molecule has 0 aliphatic rings. The molecule has 3 rings (SSSR count). The average molecular weight is 352 g/mol. The molecule has 8 heteroatoms. The van der Waals surface area contributed by atoms with Crippen molar-refractivity contribution >= 4 is 22.4 Å². The number of alkyl halides is 4. The lowest BCUT2D eigenvalue weighted by Gasteiger charge is -2.15. The van der Waals surface area contributed by atoms with Crippen LogP contribution in [0.5, 0.6) is 0 Å². The Morgan fingerprint density at radius 3 is 2.56 bits per heavy atom. The Morgan fingerprint density at radius 1 is 1.16 bits per heavy atom. The summed E-state index contributed by atoms with van der Waals surface area (Å²) >= 11 is 0. The van der Waals surface area contributed by atoms with E-state index in [-0.39, 0.29) is 11.4 Å². The van der Waals surface area contributed by atoms with Crippen molar-refractivity contribution in [1.29, 1.82) is 0 Å². The van der Waals surface area contributed by atoms with Crippen molar-refractivity contribution in [3.05, 3.63) is 48.0 Å². The maximum absolute atomic E-state index is 13.3. The summed E-state index contributed by atoms with van der Waals surface area (Å²) in [6.07, 6.45) is 1.54. The van der Waals surface area contributed by atoms with Gasteiger partial charge in [0.25, 0.3) is 12.3 Å². The first-order valence-electron chi connectivity index (χ1n) is 7.58. The van der Waals surface area contributed by atoms with Crippen LogP contribution < -0.4 is 5.32 Å². The molecule has 0 aliphatic heterocycles. The van der Waals surface area contributed by atoms with Crippen molar-refractivity contribution in [3.63, 3.8) is 0 Å². The van der Waals surface area contributed by atoms with Crippen LogP contribution in [-0.4, -0.2) is 20.5 Å². The van der Waals surface area contributed by atoms with Crippen LogP contribution in [0.2, 0.25) is 0 Å². The zero-order valence-corrected chi connectivity index (χ0v) is 13.6. The highest BCUT2D eigenvalue weighted by atomic mass is 19.3. The van der Waals surface area contributed by atoms with Gasteiger partial charge in [0.05, 0.1) is 17.7 Å². The number of pyridine rings is 2. The second-order valence-corrected chi connectivity index (χ2v) is 5.92. The van der Waals surface area contributed by atoms with Crippen molar-refractivity contribution in [2.75, 3.05) is 5.32 Å². The minimum atomic E-state index is -2.87. The molecule has 0 saturated heterocycles. The monoisotopic (exact) mass is 352 g/mol. The summed E-state index contributed by atoms with van der Waals surface area (Å²) in [4.78, 5) is 7.89. The van der Waals surface area contributed by atoms with Crippen molar-refractivity contribution in [3.8, 4) is 0 Å². The molecule has 3 aromatic rings. The lowest BCUT2D eigenvalue weighted by Crippen LogP contribution is -2.18. The Morgan fingerprint density at radius 2 is 1.88 bits per heavy atom. The van der Waals surface area contributed by atoms with Gasteiger partial charge in [0, 0.05) is 30.9 Å². The fourth-order valence-electron chi connectivity index (χ4n) is 2.68. The predicted molar refractivity (Wildman–Crippen MR) is 87.6 cm³/mol. The molecular weight excluding hydrogens is 336 g/mol. The molecule has 0 spiro atoms. The third kappa shape index (κ3) is 3.57. The van der Waals surface area contributed by atoms with E-state index >= 15 is 0 Å². The molecular formula is C17H16F4N4. The molecule has 25 heavy (non-hydrogen) atoms. The number of aromatic nitrogens is 3. The zero-order chi connectivity index (χ0) is 18.2. The molecule has 3 heterocycles. The second-order valence-electron chi connectivity index (χ2n) is 5.92. The number of hydrogen-bond acceptors (Lipinski definition) is 3. The fraction of sp³-hybridized carbons (Fsp3) is 0.294. The number of anilines is 2. The molecule has 0 radical (unpaired) electrons. The van der Waals surface area contributed by atoms with Gasteiger partial charge >= 0.3 is 0 Å². The largest absolute Gasteiger partial charge is 0.341 e. The summed E-state index contributed by atoms with van der Waals surface area (Å²) in [7, 11) is 0. The van der Waals surface area contributed by atoms with Crippen molar-refractivity contribution in [2.24, 2.45) is 0 Å². The Balaban J connectivity index is 2.04. The number of nitrogens with one attached hydrogen (secondary N) is 1. The van der Waals surface area contributed by atoms with Gasteiger partial charge in [-0.2, -0.15) is 0 Å². The van der Waals surface area contributed by atoms with Gasteiger partial charge in [-0.3, -0.25) is 4.98 Å². The summed E-state index contributed by atoms with van der Waals surface area (Å²) in [6, 6.07) is 4.84. The highest BCUT2D eigenvalue weighted by Gasteiger charge is 2.23. The molecule has 0 aliphatic carbocycles. The van der Waals surface area contributed by atoms with Gasteiger partial charge in [0.2, 0.25) is 0 Å². The van der Waals surface area contributed by atoms with Crippen LogP contribution in [0.15, 0.2) is 36.8 Å². The normalized spacial score (nSPS) is 12.1. The topological polar surface area (TPSA) is 42.7 Å². The van der Waals surface area contributed by atoms with E-state index in [1.165, 1.54) is 23.2 Å². The molecule has 1 N–H and O–H groups in total. The van der Waals surface area contributed by atoms with E-state index in [2.05, 4.69) is 15.3 Å². The molecule has 132 valence electrons. The first-order valence-corrected chi connectivity index (χ1v) is 7.58. The minimum Gasteiger partial charge on any atom is -0.341 e. The van der Waals surface area contributed by atoms with Gasteiger partial charge < -0.3 is 9.88 Å². The summed E-state index contributed by atoms with van der Waals surface area (Å²) in [5.74, 6) is -2.56. The van der Waals surface area contributed by atoms with Gasteiger partial charge in [0.1, 0.15) is 11.5 Å². The van der Waals surface area contributed by atoms with Gasteiger partial charge in [-0.15, -0.1) is 0 Å². The number of nitrogens with zero attached hydrogens (tertiary/aromatic N) is 3. The van der Waals surface area contributed by atoms with Crippen LogP contribution in [0.4, 0.5) is 29.1 Å². The quantitative estimate of drug-likeness (QED) is 0.652. The lowest BCUT2D eigenvalue weighted by molar-refractivity contribution is 0.00510. The first-order chi connectivity index (χ1) is 11.8. The van der Waals surface area contributed by atoms with E-state index in [9.17, 15) is 17.6 Å². The van der Waals surface area contributed by atoms with E-state index in [4.69, 9.17) is 0 Å². The summed E-state index contributed by atoms with van der Waals surface area (Å²) in [5.41, 5.74) is 0.923. The number of rotatable bonds is 5. The summed E-state index contributed by atoms with van der Waals surface area (Å²) in [5, 5.41) is 3.45. The molecule has 0 aromatic carbocycles. The minimum absolute atomic E-state index is 0.172. The standard InChI is InChI=1S/C17H16F4N4/c1-10-3-6-22-14(15(18)19)13(10)24-16-11-5-8-25(9-17(2,20)21)12(11)4-7-23-16/h3-8,15H,9H2,1-2H3,(H,23,24). The number of halogens is 4. The van der Waals surface area contributed by atoms with Crippen molar-refractivity contribution < 1.29 is 17.6 Å². The van der Waals surface area contributed by atoms with E-state index in [0.29, 0.717) is 22.3 Å². The number of hydrogen-bond donors (Lipinski definition) is 1. The van der Waals surface area contributed by atoms with Crippen LogP contribution in [0.1, 0.15) is 24.6 Å². The Bertz CT molecular complexity index is 899. The van der Waals surface area contributed by atoms with Crippen LogP contribution in [0.3, 0.4) is 0 Å². The van der Waals surface area contributed by atoms with E-state index < -0.39 is 18.9 Å². The molecule has 0 bridgehead atoms. The number of fused-ring (bicyclic) bond motifs is 1. The van der Waals surface area contributed by atoms with Crippen LogP contribution in [-0.2, 0) is 6.54 Å². The Labute approximate surface area is 141 Å². The molecule has 4 nitrogen and oxygen atoms in total. The third-order valence-electron chi connectivity index (χ3n) is 3.78. The first kappa shape index (κ1) is 17.2.